The number of halogens is 2. The van der Waals surface area contributed by atoms with E-state index in [1.165, 1.54) is 0 Å². The van der Waals surface area contributed by atoms with Crippen LogP contribution in [0.25, 0.3) is 0 Å². The first-order valence-corrected chi connectivity index (χ1v) is 6.45. The van der Waals surface area contributed by atoms with Crippen molar-refractivity contribution in [1.82, 2.24) is 0 Å². The molecule has 74 valence electrons. The van der Waals surface area contributed by atoms with Gasteiger partial charge in [0.15, 0.2) is 5.17 Å². The lowest BCUT2D eigenvalue weighted by molar-refractivity contribution is 0.298. The van der Waals surface area contributed by atoms with Crippen LogP contribution in [0.3, 0.4) is 0 Å². The first-order chi connectivity index (χ1) is 5.82. The average molecular weight is 266 g/mol. The van der Waals surface area contributed by atoms with E-state index in [4.69, 9.17) is 22.3 Å². The molecule has 1 aliphatic rings. The van der Waals surface area contributed by atoms with Crippen molar-refractivity contribution in [3.8, 4) is 0 Å². The Bertz CT molecular complexity index is 480. The Labute approximate surface area is 84.1 Å². The zero-order valence-corrected chi connectivity index (χ0v) is 8.78. The molecule has 0 aromatic carbocycles. The molecule has 6 nitrogen and oxygen atoms in total. The van der Waals surface area contributed by atoms with Crippen LogP contribution in [0.4, 0.5) is 0 Å². The van der Waals surface area contributed by atoms with E-state index in [2.05, 4.69) is 9.73 Å². The third-order valence-electron chi connectivity index (χ3n) is 0.987. The van der Waals surface area contributed by atoms with Gasteiger partial charge in [-0.3, -0.25) is 4.74 Å². The molecule has 0 N–H and O–H groups in total. The zero-order valence-electron chi connectivity index (χ0n) is 5.64. The fraction of sp³-hybridized carbons (Fsp3) is 0.333. The van der Waals surface area contributed by atoms with Gasteiger partial charge in [0.25, 0.3) is 14.6 Å². The second-order valence-corrected chi connectivity index (χ2v) is 5.69. The van der Waals surface area contributed by atoms with E-state index < -0.39 is 35.1 Å². The monoisotopic (exact) mass is 265 g/mol. The molecule has 1 heterocycles. The van der Waals surface area contributed by atoms with Gasteiger partial charge >= 0.3 is 0 Å². The van der Waals surface area contributed by atoms with Crippen LogP contribution in [0.1, 0.15) is 0 Å². The topological polar surface area (TPSA) is 89.9 Å². The number of rotatable bonds is 1. The van der Waals surface area contributed by atoms with Crippen LogP contribution in [0.2, 0.25) is 0 Å². The van der Waals surface area contributed by atoms with Crippen molar-refractivity contribution in [2.45, 2.75) is 5.56 Å². The summed E-state index contributed by atoms with van der Waals surface area (Å²) in [5.41, 5.74) is -1.78. The molecule has 0 saturated heterocycles. The lowest BCUT2D eigenvalue weighted by Gasteiger charge is -1.98. The number of hydrogen-bond donors (Lipinski definition) is 0. The quantitative estimate of drug-likeness (QED) is 0.472. The normalized spacial score (nSPS) is 23.1. The van der Waals surface area contributed by atoms with E-state index in [0.29, 0.717) is 0 Å². The summed E-state index contributed by atoms with van der Waals surface area (Å²) in [5.74, 6) is 0. The highest BCUT2D eigenvalue weighted by Crippen LogP contribution is 2.18. The fourth-order valence-corrected chi connectivity index (χ4v) is 2.01. The van der Waals surface area contributed by atoms with Crippen molar-refractivity contribution in [3.05, 3.63) is 0 Å². The second kappa shape index (κ2) is 3.54. The van der Waals surface area contributed by atoms with Crippen LogP contribution in [0.15, 0.2) is 4.99 Å². The van der Waals surface area contributed by atoms with Crippen molar-refractivity contribution >= 4 is 51.8 Å². The Morgan fingerprint density at radius 3 is 2.23 bits per heavy atom. The van der Waals surface area contributed by atoms with Crippen LogP contribution in [-0.4, -0.2) is 32.6 Å². The minimum absolute atomic E-state index is 0.539. The summed E-state index contributed by atoms with van der Waals surface area (Å²) in [5, 5.41) is -1.27. The number of nitrogens with zero attached hydrogens (tertiary/aromatic N) is 1. The van der Waals surface area contributed by atoms with Gasteiger partial charge in [-0.05, 0) is 0 Å². The van der Waals surface area contributed by atoms with Crippen molar-refractivity contribution < 1.29 is 21.6 Å². The molecule has 0 aromatic rings. The highest BCUT2D eigenvalue weighted by atomic mass is 35.7. The first-order valence-electron chi connectivity index (χ1n) is 2.62. The minimum atomic E-state index is -4.12. The molecule has 1 rings (SSSR count). The highest BCUT2D eigenvalue weighted by Gasteiger charge is 2.34. The summed E-state index contributed by atoms with van der Waals surface area (Å²) in [4.78, 5) is 3.17. The van der Waals surface area contributed by atoms with Gasteiger partial charge in [-0.1, -0.05) is 11.6 Å². The Balaban J connectivity index is 3.18. The van der Waals surface area contributed by atoms with E-state index in [-0.39, 0.29) is 0 Å². The van der Waals surface area contributed by atoms with E-state index in [1.807, 2.05) is 0 Å². The van der Waals surface area contributed by atoms with Crippen molar-refractivity contribution in [2.75, 3.05) is 0 Å². The standard InChI is InChI=1S/C3HCl2NO5S2/c4-1-2(12(7)8)11-3(6-1)13(5,9)10/h3H. The molecule has 10 heteroatoms. The van der Waals surface area contributed by atoms with Crippen LogP contribution >= 0.6 is 22.3 Å². The van der Waals surface area contributed by atoms with E-state index >= 15 is 0 Å². The van der Waals surface area contributed by atoms with Crippen molar-refractivity contribution in [1.29, 1.82) is 0 Å². The second-order valence-electron chi connectivity index (χ2n) is 1.84. The zero-order chi connectivity index (χ0) is 10.2. The molecule has 0 spiro atoms. The molecule has 0 amide bonds. The largest absolute Gasteiger partial charge is 0.287 e. The number of hydrogen-bond acceptors (Lipinski definition) is 6. The SMILES string of the molecule is O=S(=O)=C1OC(S(=O)(=O)Cl)N=C1Cl. The van der Waals surface area contributed by atoms with E-state index in [1.54, 1.807) is 0 Å². The van der Waals surface area contributed by atoms with Crippen LogP contribution in [-0.2, 0) is 24.1 Å². The maximum atomic E-state index is 10.6. The lowest BCUT2D eigenvalue weighted by atomic mass is 10.8. The Morgan fingerprint density at radius 1 is 1.46 bits per heavy atom. The third kappa shape index (κ3) is 2.41. The molecule has 0 aliphatic carbocycles. The summed E-state index contributed by atoms with van der Waals surface area (Å²) in [7, 11) is -2.04. The predicted molar refractivity (Wildman–Crippen MR) is 46.9 cm³/mol. The number of aliphatic imine (C=N–C) groups is 1. The molecule has 1 aliphatic heterocycles. The van der Waals surface area contributed by atoms with Gasteiger partial charge in [0.2, 0.25) is 15.3 Å². The van der Waals surface area contributed by atoms with Crippen molar-refractivity contribution in [3.63, 3.8) is 0 Å². The molecule has 0 fully saturated rings. The summed E-state index contributed by atoms with van der Waals surface area (Å²) in [6.07, 6.45) is 0. The predicted octanol–water partition coefficient (Wildman–Crippen LogP) is -0.485. The van der Waals surface area contributed by atoms with Crippen molar-refractivity contribution in [2.24, 2.45) is 4.99 Å². The van der Waals surface area contributed by atoms with Gasteiger partial charge in [-0.25, -0.2) is 13.4 Å². The van der Waals surface area contributed by atoms with Gasteiger partial charge in [0.05, 0.1) is 0 Å². The molecular weight excluding hydrogens is 265 g/mol. The smallest absolute Gasteiger partial charge is 0.281 e. The van der Waals surface area contributed by atoms with Gasteiger partial charge < -0.3 is 0 Å². The third-order valence-corrected chi connectivity index (χ3v) is 3.10. The summed E-state index contributed by atoms with van der Waals surface area (Å²) >= 11 is 5.25. The van der Waals surface area contributed by atoms with Gasteiger partial charge in [-0.2, -0.15) is 8.42 Å². The first kappa shape index (κ1) is 10.9. The van der Waals surface area contributed by atoms with Gasteiger partial charge in [0.1, 0.15) is 0 Å². The van der Waals surface area contributed by atoms with E-state index in [0.717, 1.165) is 0 Å². The summed E-state index contributed by atoms with van der Waals surface area (Å²) in [6, 6.07) is 0. The number of ether oxygens (including phenoxy) is 1. The molecule has 0 aromatic heterocycles. The summed E-state index contributed by atoms with van der Waals surface area (Å²) < 4.78 is 46.2. The Kier molecular flexibility index (Phi) is 2.98. The lowest BCUT2D eigenvalue weighted by Crippen LogP contribution is -2.16. The minimum Gasteiger partial charge on any atom is -0.287 e. The molecule has 0 radical (unpaired) electrons. The van der Waals surface area contributed by atoms with Crippen LogP contribution < -0.4 is 0 Å². The van der Waals surface area contributed by atoms with Crippen LogP contribution in [0, 0.1) is 0 Å². The Morgan fingerprint density at radius 2 is 2.00 bits per heavy atom. The van der Waals surface area contributed by atoms with Crippen LogP contribution in [0.5, 0.6) is 0 Å². The molecule has 1 atom stereocenters. The average Bonchev–Trinajstić information content (AvgIpc) is 2.29. The fourth-order valence-electron chi connectivity index (χ4n) is 0.540. The maximum Gasteiger partial charge on any atom is 0.281 e. The van der Waals surface area contributed by atoms with E-state index in [9.17, 15) is 16.8 Å². The molecular formula is C3HCl2NO5S2. The molecule has 13 heavy (non-hydrogen) atoms. The molecule has 0 saturated carbocycles. The summed E-state index contributed by atoms with van der Waals surface area (Å²) in [6.45, 7) is 0. The van der Waals surface area contributed by atoms with Gasteiger partial charge in [0, 0.05) is 10.7 Å². The molecule has 0 bridgehead atoms. The molecule has 1 unspecified atom stereocenters. The van der Waals surface area contributed by atoms with Gasteiger partial charge in [-0.15, -0.1) is 0 Å². The Hall–Kier alpha value is -0.150. The highest BCUT2D eigenvalue weighted by molar-refractivity contribution is 8.14. The maximum absolute atomic E-state index is 10.6.